The zero-order valence-electron chi connectivity index (χ0n) is 13.6. The summed E-state index contributed by atoms with van der Waals surface area (Å²) in [5.74, 6) is 2.06. The quantitative estimate of drug-likeness (QED) is 0.717. The number of aromatic nitrogens is 2. The number of methoxy groups -OCH3 is 1. The molecule has 1 aliphatic carbocycles. The monoisotopic (exact) mass is 348 g/mol. The highest BCUT2D eigenvalue weighted by Gasteiger charge is 2.27. The molecule has 0 atom stereocenters. The van der Waals surface area contributed by atoms with Crippen LogP contribution in [0.4, 0.5) is 5.82 Å². The second kappa shape index (κ2) is 7.77. The van der Waals surface area contributed by atoms with Gasteiger partial charge in [0.15, 0.2) is 0 Å². The Balaban J connectivity index is 1.68. The Hall–Kier alpha value is -1.92. The molecule has 3 rings (SSSR count). The SMILES string of the molecule is COCCNC(=O)CCNc1nc(C2CC2)nc2cc(Cl)ccc12. The average molecular weight is 349 g/mol. The van der Waals surface area contributed by atoms with Crippen molar-refractivity contribution in [2.24, 2.45) is 0 Å². The first-order chi connectivity index (χ1) is 11.7. The van der Waals surface area contributed by atoms with Crippen molar-refractivity contribution >= 4 is 34.2 Å². The first-order valence-electron chi connectivity index (χ1n) is 8.14. The van der Waals surface area contributed by atoms with Gasteiger partial charge in [-0.25, -0.2) is 9.97 Å². The number of rotatable bonds is 8. The maximum Gasteiger partial charge on any atom is 0.221 e. The molecule has 0 spiro atoms. The third kappa shape index (κ3) is 4.33. The number of hydrogen-bond acceptors (Lipinski definition) is 5. The van der Waals surface area contributed by atoms with Crippen molar-refractivity contribution in [2.45, 2.75) is 25.2 Å². The van der Waals surface area contributed by atoms with E-state index in [1.807, 2.05) is 18.2 Å². The highest BCUT2D eigenvalue weighted by atomic mass is 35.5. The summed E-state index contributed by atoms with van der Waals surface area (Å²) >= 11 is 6.08. The first kappa shape index (κ1) is 16.9. The van der Waals surface area contributed by atoms with Crippen LogP contribution in [0, 0.1) is 0 Å². The molecule has 1 aromatic carbocycles. The Kier molecular flexibility index (Phi) is 5.48. The largest absolute Gasteiger partial charge is 0.383 e. The van der Waals surface area contributed by atoms with E-state index < -0.39 is 0 Å². The van der Waals surface area contributed by atoms with Crippen LogP contribution in [0.3, 0.4) is 0 Å². The summed E-state index contributed by atoms with van der Waals surface area (Å²) in [6, 6.07) is 5.59. The minimum absolute atomic E-state index is 0.0108. The van der Waals surface area contributed by atoms with Crippen LogP contribution in [-0.4, -0.2) is 42.7 Å². The number of nitrogens with zero attached hydrogens (tertiary/aromatic N) is 2. The van der Waals surface area contributed by atoms with Gasteiger partial charge >= 0.3 is 0 Å². The molecule has 1 saturated carbocycles. The molecule has 1 amide bonds. The number of fused-ring (bicyclic) bond motifs is 1. The van der Waals surface area contributed by atoms with Crippen LogP contribution in [-0.2, 0) is 9.53 Å². The van der Waals surface area contributed by atoms with E-state index >= 15 is 0 Å². The number of anilines is 1. The van der Waals surface area contributed by atoms with Gasteiger partial charge in [-0.2, -0.15) is 0 Å². The highest BCUT2D eigenvalue weighted by Crippen LogP contribution is 2.39. The number of nitrogens with one attached hydrogen (secondary N) is 2. The number of halogens is 1. The molecule has 2 aromatic rings. The normalized spacial score (nSPS) is 13.9. The Morgan fingerprint density at radius 2 is 2.17 bits per heavy atom. The van der Waals surface area contributed by atoms with Gasteiger partial charge in [0.2, 0.25) is 5.91 Å². The third-order valence-corrected chi connectivity index (χ3v) is 4.13. The number of ether oxygens (including phenoxy) is 1. The van der Waals surface area contributed by atoms with Crippen LogP contribution >= 0.6 is 11.6 Å². The molecule has 6 nitrogen and oxygen atoms in total. The molecule has 1 aliphatic rings. The van der Waals surface area contributed by atoms with Crippen molar-refractivity contribution in [3.8, 4) is 0 Å². The average Bonchev–Trinajstić information content (AvgIpc) is 3.39. The van der Waals surface area contributed by atoms with E-state index in [-0.39, 0.29) is 5.91 Å². The lowest BCUT2D eigenvalue weighted by Crippen LogP contribution is -2.28. The predicted octanol–water partition coefficient (Wildman–Crippen LogP) is 2.73. The van der Waals surface area contributed by atoms with E-state index in [1.165, 1.54) is 0 Å². The zero-order valence-corrected chi connectivity index (χ0v) is 14.4. The molecule has 2 N–H and O–H groups in total. The number of carbonyl (C=O) groups is 1. The standard InChI is InChI=1S/C17H21ClN4O2/c1-24-9-8-19-15(23)6-7-20-17-13-5-4-12(18)10-14(13)21-16(22-17)11-2-3-11/h4-5,10-11H,2-3,6-9H2,1H3,(H,19,23)(H,20,21,22). The Labute approximate surface area is 146 Å². The lowest BCUT2D eigenvalue weighted by molar-refractivity contribution is -0.121. The summed E-state index contributed by atoms with van der Waals surface area (Å²) in [7, 11) is 1.61. The first-order valence-corrected chi connectivity index (χ1v) is 8.52. The van der Waals surface area contributed by atoms with Gasteiger partial charge in [0.25, 0.3) is 0 Å². The molecule has 0 radical (unpaired) electrons. The van der Waals surface area contributed by atoms with E-state index in [2.05, 4.69) is 20.6 Å². The van der Waals surface area contributed by atoms with Crippen LogP contribution in [0.1, 0.15) is 31.0 Å². The molecule has 24 heavy (non-hydrogen) atoms. The van der Waals surface area contributed by atoms with Crippen molar-refractivity contribution in [2.75, 3.05) is 32.1 Å². The van der Waals surface area contributed by atoms with Gasteiger partial charge in [-0.3, -0.25) is 4.79 Å². The topological polar surface area (TPSA) is 76.1 Å². The molecule has 0 bridgehead atoms. The molecule has 7 heteroatoms. The second-order valence-corrected chi connectivity index (χ2v) is 6.32. The number of benzene rings is 1. The van der Waals surface area contributed by atoms with E-state index in [1.54, 1.807) is 7.11 Å². The fourth-order valence-electron chi connectivity index (χ4n) is 2.45. The number of carbonyl (C=O) groups excluding carboxylic acids is 1. The Morgan fingerprint density at radius 1 is 1.33 bits per heavy atom. The van der Waals surface area contributed by atoms with Gasteiger partial charge < -0.3 is 15.4 Å². The summed E-state index contributed by atoms with van der Waals surface area (Å²) in [5.41, 5.74) is 0.839. The van der Waals surface area contributed by atoms with Crippen molar-refractivity contribution in [1.29, 1.82) is 0 Å². The van der Waals surface area contributed by atoms with Crippen molar-refractivity contribution in [3.63, 3.8) is 0 Å². The zero-order chi connectivity index (χ0) is 16.9. The molecule has 0 unspecified atom stereocenters. The molecular formula is C17H21ClN4O2. The van der Waals surface area contributed by atoms with Crippen LogP contribution in [0.25, 0.3) is 10.9 Å². The van der Waals surface area contributed by atoms with Crippen LogP contribution in [0.2, 0.25) is 5.02 Å². The van der Waals surface area contributed by atoms with E-state index in [9.17, 15) is 4.79 Å². The molecule has 0 saturated heterocycles. The number of amides is 1. The van der Waals surface area contributed by atoms with Crippen LogP contribution in [0.15, 0.2) is 18.2 Å². The van der Waals surface area contributed by atoms with E-state index in [0.717, 1.165) is 35.4 Å². The molecule has 0 aliphatic heterocycles. The van der Waals surface area contributed by atoms with Gasteiger partial charge in [-0.15, -0.1) is 0 Å². The molecular weight excluding hydrogens is 328 g/mol. The lowest BCUT2D eigenvalue weighted by atomic mass is 10.2. The fraction of sp³-hybridized carbons (Fsp3) is 0.471. The van der Waals surface area contributed by atoms with E-state index in [0.29, 0.717) is 37.1 Å². The maximum atomic E-state index is 11.7. The van der Waals surface area contributed by atoms with Gasteiger partial charge in [-0.05, 0) is 31.0 Å². The van der Waals surface area contributed by atoms with Gasteiger partial charge in [-0.1, -0.05) is 11.6 Å². The van der Waals surface area contributed by atoms with Crippen molar-refractivity contribution in [1.82, 2.24) is 15.3 Å². The van der Waals surface area contributed by atoms with Crippen LogP contribution < -0.4 is 10.6 Å². The molecule has 1 fully saturated rings. The van der Waals surface area contributed by atoms with Crippen LogP contribution in [0.5, 0.6) is 0 Å². The second-order valence-electron chi connectivity index (χ2n) is 5.89. The minimum atomic E-state index is -0.0108. The Morgan fingerprint density at radius 3 is 2.92 bits per heavy atom. The van der Waals surface area contributed by atoms with Gasteiger partial charge in [0.05, 0.1) is 12.1 Å². The summed E-state index contributed by atoms with van der Waals surface area (Å²) < 4.78 is 4.91. The Bertz CT molecular complexity index is 734. The predicted molar refractivity (Wildman–Crippen MR) is 94.5 cm³/mol. The molecule has 1 heterocycles. The van der Waals surface area contributed by atoms with Crippen molar-refractivity contribution in [3.05, 3.63) is 29.0 Å². The molecule has 1 aromatic heterocycles. The highest BCUT2D eigenvalue weighted by molar-refractivity contribution is 6.31. The van der Waals surface area contributed by atoms with Crippen molar-refractivity contribution < 1.29 is 9.53 Å². The van der Waals surface area contributed by atoms with Gasteiger partial charge in [0.1, 0.15) is 11.6 Å². The number of hydrogen-bond donors (Lipinski definition) is 2. The minimum Gasteiger partial charge on any atom is -0.383 e. The molecule has 128 valence electrons. The fourth-order valence-corrected chi connectivity index (χ4v) is 2.62. The summed E-state index contributed by atoms with van der Waals surface area (Å²) in [4.78, 5) is 21.0. The van der Waals surface area contributed by atoms with E-state index in [4.69, 9.17) is 16.3 Å². The van der Waals surface area contributed by atoms with Gasteiger partial charge in [0, 0.05) is 42.9 Å². The summed E-state index contributed by atoms with van der Waals surface area (Å²) in [6.07, 6.45) is 2.64. The third-order valence-electron chi connectivity index (χ3n) is 3.89. The maximum absolute atomic E-state index is 11.7. The summed E-state index contributed by atoms with van der Waals surface area (Å²) in [5, 5.41) is 7.64. The smallest absolute Gasteiger partial charge is 0.221 e. The summed E-state index contributed by atoms with van der Waals surface area (Å²) in [6.45, 7) is 1.55. The lowest BCUT2D eigenvalue weighted by Gasteiger charge is -2.11.